The maximum atomic E-state index is 11.3. The first-order valence-corrected chi connectivity index (χ1v) is 4.24. The Morgan fingerprint density at radius 1 is 1.50 bits per heavy atom. The molecule has 1 saturated heterocycles. The van der Waals surface area contributed by atoms with Crippen LogP contribution in [0, 0.1) is 5.92 Å². The van der Waals surface area contributed by atoms with E-state index in [4.69, 9.17) is 14.6 Å². The smallest absolute Gasteiger partial charge is 0.847 e. The Kier molecular flexibility index (Phi) is 6.76. The van der Waals surface area contributed by atoms with Crippen LogP contribution in [-0.4, -0.2) is 48.5 Å². The number of hydrogen-bond acceptors (Lipinski definition) is 5. The minimum absolute atomic E-state index is 0. The zero-order valence-corrected chi connectivity index (χ0v) is 10.7. The summed E-state index contributed by atoms with van der Waals surface area (Å²) in [5.41, 5.74) is 0. The third-order valence-electron chi connectivity index (χ3n) is 2.45. The van der Waals surface area contributed by atoms with Gasteiger partial charge in [-0.25, -0.2) is 0 Å². The number of ether oxygens (including phenoxy) is 2. The zero-order valence-electron chi connectivity index (χ0n) is 8.71. The van der Waals surface area contributed by atoms with Crippen LogP contribution < -0.4 is 34.7 Å². The molecule has 6 heteroatoms. The van der Waals surface area contributed by atoms with Gasteiger partial charge in [-0.15, -0.1) is 0 Å². The SMILES string of the molecule is COC1OC(CO)C(C)C(O)C1[O-].[Na+]. The maximum Gasteiger partial charge on any atom is 1.00 e. The molecule has 1 aliphatic heterocycles. The molecule has 0 aliphatic carbocycles. The van der Waals surface area contributed by atoms with Gasteiger partial charge in [0.2, 0.25) is 0 Å². The van der Waals surface area contributed by atoms with E-state index in [2.05, 4.69) is 0 Å². The third-order valence-corrected chi connectivity index (χ3v) is 2.45. The number of hydrogen-bond donors (Lipinski definition) is 2. The summed E-state index contributed by atoms with van der Waals surface area (Å²) in [6, 6.07) is 0. The molecule has 5 unspecified atom stereocenters. The molecule has 0 amide bonds. The minimum atomic E-state index is -1.30. The maximum absolute atomic E-state index is 11.3. The van der Waals surface area contributed by atoms with Gasteiger partial charge in [-0.05, 0) is 6.10 Å². The van der Waals surface area contributed by atoms with Gasteiger partial charge >= 0.3 is 29.6 Å². The first-order valence-electron chi connectivity index (χ1n) is 4.24. The molecule has 1 heterocycles. The molecule has 0 saturated carbocycles. The van der Waals surface area contributed by atoms with Crippen molar-refractivity contribution in [2.75, 3.05) is 13.7 Å². The second-order valence-corrected chi connectivity index (χ2v) is 3.28. The third kappa shape index (κ3) is 2.90. The summed E-state index contributed by atoms with van der Waals surface area (Å²) in [4.78, 5) is 0. The van der Waals surface area contributed by atoms with Crippen LogP contribution in [0.3, 0.4) is 0 Å². The van der Waals surface area contributed by atoms with Gasteiger partial charge in [0.1, 0.15) is 6.29 Å². The molecule has 14 heavy (non-hydrogen) atoms. The first kappa shape index (κ1) is 14.8. The van der Waals surface area contributed by atoms with E-state index in [0.29, 0.717) is 0 Å². The molecule has 0 aromatic carbocycles. The van der Waals surface area contributed by atoms with E-state index < -0.39 is 24.6 Å². The van der Waals surface area contributed by atoms with Gasteiger partial charge < -0.3 is 24.8 Å². The van der Waals surface area contributed by atoms with Crippen LogP contribution in [0.15, 0.2) is 0 Å². The number of aliphatic hydroxyl groups excluding tert-OH is 2. The van der Waals surface area contributed by atoms with Crippen molar-refractivity contribution < 1.29 is 54.4 Å². The Morgan fingerprint density at radius 2 is 2.07 bits per heavy atom. The molecule has 1 aliphatic rings. The van der Waals surface area contributed by atoms with E-state index in [1.54, 1.807) is 6.92 Å². The molecule has 0 aromatic rings. The second-order valence-electron chi connectivity index (χ2n) is 3.28. The monoisotopic (exact) mass is 214 g/mol. The van der Waals surface area contributed by atoms with Crippen LogP contribution in [0.1, 0.15) is 6.92 Å². The molecule has 1 rings (SSSR count). The van der Waals surface area contributed by atoms with Crippen molar-refractivity contribution in [3.8, 4) is 0 Å². The molecule has 0 bridgehead atoms. The summed E-state index contributed by atoms with van der Waals surface area (Å²) < 4.78 is 9.88. The van der Waals surface area contributed by atoms with Gasteiger partial charge in [0.05, 0.1) is 18.8 Å². The van der Waals surface area contributed by atoms with E-state index in [-0.39, 0.29) is 42.1 Å². The molecular weight excluding hydrogens is 199 g/mol. The van der Waals surface area contributed by atoms with Crippen molar-refractivity contribution in [2.45, 2.75) is 31.5 Å². The molecule has 2 N–H and O–H groups in total. The van der Waals surface area contributed by atoms with Crippen molar-refractivity contribution >= 4 is 0 Å². The first-order chi connectivity index (χ1) is 6.11. The van der Waals surface area contributed by atoms with Gasteiger partial charge in [-0.2, -0.15) is 0 Å². The van der Waals surface area contributed by atoms with Crippen LogP contribution >= 0.6 is 0 Å². The predicted octanol–water partition coefficient (Wildman–Crippen LogP) is -4.92. The van der Waals surface area contributed by atoms with Crippen molar-refractivity contribution in [3.63, 3.8) is 0 Å². The van der Waals surface area contributed by atoms with Crippen LogP contribution in [0.5, 0.6) is 0 Å². The molecule has 78 valence electrons. The molecule has 0 aromatic heterocycles. The normalized spacial score (nSPS) is 43.1. The summed E-state index contributed by atoms with van der Waals surface area (Å²) in [6.45, 7) is 1.45. The van der Waals surface area contributed by atoms with Gasteiger partial charge in [0, 0.05) is 13.0 Å². The quantitative estimate of drug-likeness (QED) is 0.450. The standard InChI is InChI=1S/C8H15O5.Na/c1-4-5(3-9)13-8(12-2)7(11)6(4)10;/h4-10H,3H2,1-2H3;/q-1;+1. The Hall–Kier alpha value is 0.800. The summed E-state index contributed by atoms with van der Waals surface area (Å²) in [5.74, 6) is -0.362. The van der Waals surface area contributed by atoms with Crippen molar-refractivity contribution in [2.24, 2.45) is 5.92 Å². The van der Waals surface area contributed by atoms with Gasteiger partial charge in [-0.1, -0.05) is 6.92 Å². The fourth-order valence-electron chi connectivity index (χ4n) is 1.45. The molecule has 5 nitrogen and oxygen atoms in total. The molecule has 0 radical (unpaired) electrons. The predicted molar refractivity (Wildman–Crippen MR) is 41.7 cm³/mol. The van der Waals surface area contributed by atoms with Crippen molar-refractivity contribution in [3.05, 3.63) is 0 Å². The summed E-state index contributed by atoms with van der Waals surface area (Å²) in [5, 5.41) is 29.7. The van der Waals surface area contributed by atoms with E-state index in [9.17, 15) is 10.2 Å². The average Bonchev–Trinajstić information content (AvgIpc) is 2.15. The van der Waals surface area contributed by atoms with Gasteiger partial charge in [0.15, 0.2) is 0 Å². The van der Waals surface area contributed by atoms with Gasteiger partial charge in [-0.3, -0.25) is 0 Å². The van der Waals surface area contributed by atoms with E-state index in [0.717, 1.165) is 0 Å². The molecule has 0 spiro atoms. The Bertz CT molecular complexity index is 148. The fraction of sp³-hybridized carbons (Fsp3) is 1.00. The number of aliphatic hydroxyl groups is 2. The summed E-state index contributed by atoms with van der Waals surface area (Å²) in [7, 11) is 1.34. The van der Waals surface area contributed by atoms with E-state index in [1.807, 2.05) is 0 Å². The largest absolute Gasteiger partial charge is 1.00 e. The number of methoxy groups -OCH3 is 1. The molecular formula is C8H15NaO5. The Balaban J connectivity index is 0.00000169. The second kappa shape index (κ2) is 6.40. The Labute approximate surface area is 105 Å². The summed E-state index contributed by atoms with van der Waals surface area (Å²) >= 11 is 0. The summed E-state index contributed by atoms with van der Waals surface area (Å²) in [6.07, 6.45) is -3.83. The van der Waals surface area contributed by atoms with Crippen LogP contribution in [0.2, 0.25) is 0 Å². The van der Waals surface area contributed by atoms with E-state index >= 15 is 0 Å². The number of rotatable bonds is 2. The zero-order chi connectivity index (χ0) is 10.0. The Morgan fingerprint density at radius 3 is 2.50 bits per heavy atom. The molecule has 1 fully saturated rings. The van der Waals surface area contributed by atoms with Crippen molar-refractivity contribution in [1.29, 1.82) is 0 Å². The minimum Gasteiger partial charge on any atom is -0.847 e. The van der Waals surface area contributed by atoms with Crippen LogP contribution in [-0.2, 0) is 9.47 Å². The van der Waals surface area contributed by atoms with Crippen LogP contribution in [0.4, 0.5) is 0 Å². The fourth-order valence-corrected chi connectivity index (χ4v) is 1.45. The molecule has 5 atom stereocenters. The van der Waals surface area contributed by atoms with E-state index in [1.165, 1.54) is 7.11 Å². The van der Waals surface area contributed by atoms with Crippen molar-refractivity contribution in [1.82, 2.24) is 0 Å². The van der Waals surface area contributed by atoms with Gasteiger partial charge in [0.25, 0.3) is 0 Å². The average molecular weight is 214 g/mol. The van der Waals surface area contributed by atoms with Crippen LogP contribution in [0.25, 0.3) is 0 Å². The topological polar surface area (TPSA) is 82.0 Å².